The minimum absolute atomic E-state index is 0.0872. The van der Waals surface area contributed by atoms with E-state index in [4.69, 9.17) is 15.5 Å². The Bertz CT molecular complexity index is 300. The summed E-state index contributed by atoms with van der Waals surface area (Å²) in [6, 6.07) is 7.78. The van der Waals surface area contributed by atoms with E-state index in [-0.39, 0.29) is 6.10 Å². The van der Waals surface area contributed by atoms with Crippen LogP contribution in [-0.4, -0.2) is 32.1 Å². The first-order chi connectivity index (χ1) is 9.63. The summed E-state index contributed by atoms with van der Waals surface area (Å²) in [6.45, 7) is 11.5. The van der Waals surface area contributed by atoms with E-state index in [9.17, 15) is 0 Å². The molecule has 1 unspecified atom stereocenters. The summed E-state index contributed by atoms with van der Waals surface area (Å²) in [7, 11) is 4.04. The molecule has 0 saturated carbocycles. The van der Waals surface area contributed by atoms with Crippen molar-refractivity contribution >= 4 is 0 Å². The van der Waals surface area contributed by atoms with E-state index < -0.39 is 0 Å². The van der Waals surface area contributed by atoms with E-state index in [1.54, 1.807) is 0 Å². The van der Waals surface area contributed by atoms with E-state index >= 15 is 0 Å². The van der Waals surface area contributed by atoms with E-state index in [1.807, 2.05) is 73.0 Å². The first-order valence-corrected chi connectivity index (χ1v) is 7.36. The molecule has 1 atom stereocenters. The molecule has 0 aliphatic heterocycles. The summed E-state index contributed by atoms with van der Waals surface area (Å²) < 4.78 is 5.57. The van der Waals surface area contributed by atoms with Crippen molar-refractivity contribution in [2.75, 3.05) is 27.2 Å². The molecule has 0 aliphatic carbocycles. The van der Waals surface area contributed by atoms with Gasteiger partial charge in [0.05, 0.1) is 0 Å². The van der Waals surface area contributed by atoms with Gasteiger partial charge in [-0.3, -0.25) is 4.84 Å². The smallest absolute Gasteiger partial charge is 0.119 e. The maximum Gasteiger partial charge on any atom is 0.119 e. The van der Waals surface area contributed by atoms with Gasteiger partial charge in [0.15, 0.2) is 0 Å². The molecular weight excluding hydrogens is 252 g/mol. The highest BCUT2D eigenvalue weighted by Gasteiger charge is 2.03. The highest BCUT2D eigenvalue weighted by molar-refractivity contribution is 5.28. The first kappa shape index (κ1) is 21.2. The molecule has 0 aliphatic rings. The lowest BCUT2D eigenvalue weighted by molar-refractivity contribution is 0.0664. The molecule has 1 aromatic rings. The number of nitrogens with zero attached hydrogens (tertiary/aromatic N) is 1. The number of benzene rings is 1. The van der Waals surface area contributed by atoms with Crippen molar-refractivity contribution in [3.63, 3.8) is 0 Å². The van der Waals surface area contributed by atoms with Crippen molar-refractivity contribution < 1.29 is 9.57 Å². The van der Waals surface area contributed by atoms with E-state index in [0.29, 0.717) is 6.61 Å². The summed E-state index contributed by atoms with van der Waals surface area (Å²) in [5.74, 6) is 5.99. The van der Waals surface area contributed by atoms with Gasteiger partial charge in [0.2, 0.25) is 0 Å². The highest BCUT2D eigenvalue weighted by Crippen LogP contribution is 2.18. The minimum atomic E-state index is -0.0872. The third-order valence-electron chi connectivity index (χ3n) is 2.36. The van der Waals surface area contributed by atoms with E-state index in [2.05, 4.69) is 4.90 Å². The SMILES string of the molecule is CC.CC.CC(ON)c1ccc(OCCN(C)C)cc1. The van der Waals surface area contributed by atoms with Crippen molar-refractivity contribution in [3.05, 3.63) is 29.8 Å². The molecular formula is C16H32N2O2. The lowest BCUT2D eigenvalue weighted by Gasteiger charge is -2.12. The number of hydrogen-bond acceptors (Lipinski definition) is 4. The van der Waals surface area contributed by atoms with Crippen LogP contribution in [0.1, 0.15) is 46.3 Å². The fourth-order valence-corrected chi connectivity index (χ4v) is 1.26. The summed E-state index contributed by atoms with van der Waals surface area (Å²) in [5.41, 5.74) is 1.04. The molecule has 0 radical (unpaired) electrons. The quantitative estimate of drug-likeness (QED) is 0.810. The van der Waals surface area contributed by atoms with Crippen LogP contribution in [0.15, 0.2) is 24.3 Å². The van der Waals surface area contributed by atoms with E-state index in [1.165, 1.54) is 0 Å². The van der Waals surface area contributed by atoms with Crippen molar-refractivity contribution in [2.24, 2.45) is 5.90 Å². The molecule has 1 rings (SSSR count). The molecule has 0 heterocycles. The molecule has 0 aromatic heterocycles. The predicted octanol–water partition coefficient (Wildman–Crippen LogP) is 3.63. The Hall–Kier alpha value is -1.10. The molecule has 2 N–H and O–H groups in total. The first-order valence-electron chi connectivity index (χ1n) is 7.36. The molecule has 0 saturated heterocycles. The van der Waals surface area contributed by atoms with Gasteiger partial charge in [-0.05, 0) is 38.7 Å². The normalized spacial score (nSPS) is 10.8. The van der Waals surface area contributed by atoms with Crippen molar-refractivity contribution in [1.82, 2.24) is 4.90 Å². The monoisotopic (exact) mass is 284 g/mol. The van der Waals surface area contributed by atoms with Gasteiger partial charge in [-0.2, -0.15) is 0 Å². The average molecular weight is 284 g/mol. The zero-order valence-electron chi connectivity index (χ0n) is 14.1. The second-order valence-corrected chi connectivity index (χ2v) is 4.00. The Morgan fingerprint density at radius 2 is 1.55 bits per heavy atom. The fourth-order valence-electron chi connectivity index (χ4n) is 1.26. The van der Waals surface area contributed by atoms with Gasteiger partial charge in [0.25, 0.3) is 0 Å². The van der Waals surface area contributed by atoms with E-state index in [0.717, 1.165) is 17.9 Å². The van der Waals surface area contributed by atoms with Crippen LogP contribution in [-0.2, 0) is 4.84 Å². The molecule has 118 valence electrons. The number of rotatable bonds is 6. The third-order valence-corrected chi connectivity index (χ3v) is 2.36. The Labute approximate surface area is 124 Å². The summed E-state index contributed by atoms with van der Waals surface area (Å²) in [5, 5.41) is 0. The Morgan fingerprint density at radius 1 is 1.05 bits per heavy atom. The van der Waals surface area contributed by atoms with Gasteiger partial charge in [-0.25, -0.2) is 5.90 Å². The second-order valence-electron chi connectivity index (χ2n) is 4.00. The van der Waals surface area contributed by atoms with Crippen molar-refractivity contribution in [3.8, 4) is 5.75 Å². The number of ether oxygens (including phenoxy) is 1. The highest BCUT2D eigenvalue weighted by atomic mass is 16.6. The molecule has 4 heteroatoms. The zero-order chi connectivity index (χ0) is 16.0. The zero-order valence-corrected chi connectivity index (χ0v) is 14.1. The maximum absolute atomic E-state index is 5.57. The van der Waals surface area contributed by atoms with Crippen LogP contribution in [0.3, 0.4) is 0 Å². The topological polar surface area (TPSA) is 47.7 Å². The number of nitrogens with two attached hydrogens (primary N) is 1. The Balaban J connectivity index is 0. The van der Waals surface area contributed by atoms with Crippen LogP contribution in [0.2, 0.25) is 0 Å². The van der Waals surface area contributed by atoms with Gasteiger partial charge < -0.3 is 9.64 Å². The van der Waals surface area contributed by atoms with Crippen molar-refractivity contribution in [2.45, 2.75) is 40.7 Å². The molecule has 20 heavy (non-hydrogen) atoms. The molecule has 4 nitrogen and oxygen atoms in total. The Morgan fingerprint density at radius 3 is 1.95 bits per heavy atom. The third kappa shape index (κ3) is 9.78. The van der Waals surface area contributed by atoms with Crippen LogP contribution in [0, 0.1) is 0 Å². The molecule has 0 amide bonds. The van der Waals surface area contributed by atoms with Crippen LogP contribution in [0.25, 0.3) is 0 Å². The summed E-state index contributed by atoms with van der Waals surface area (Å²) in [6.07, 6.45) is -0.0872. The van der Waals surface area contributed by atoms with Crippen LogP contribution < -0.4 is 10.6 Å². The minimum Gasteiger partial charge on any atom is -0.492 e. The van der Waals surface area contributed by atoms with Gasteiger partial charge in [-0.15, -0.1) is 0 Å². The predicted molar refractivity (Wildman–Crippen MR) is 86.9 cm³/mol. The lowest BCUT2D eigenvalue weighted by atomic mass is 10.1. The van der Waals surface area contributed by atoms with Gasteiger partial charge in [-0.1, -0.05) is 39.8 Å². The standard InChI is InChI=1S/C12H20N2O2.2C2H6/c1-10(16-13)11-4-6-12(7-5-11)15-9-8-14(2)3;2*1-2/h4-7,10H,8-9,13H2,1-3H3;2*1-2H3. The van der Waals surface area contributed by atoms with Gasteiger partial charge in [0, 0.05) is 6.54 Å². The molecule has 0 fully saturated rings. The molecule has 0 spiro atoms. The Kier molecular flexibility index (Phi) is 15.2. The number of hydrogen-bond donors (Lipinski definition) is 1. The molecule has 1 aromatic carbocycles. The van der Waals surface area contributed by atoms with Crippen LogP contribution in [0.5, 0.6) is 5.75 Å². The lowest BCUT2D eigenvalue weighted by Crippen LogP contribution is -2.19. The number of likely N-dealkylation sites (N-methyl/N-ethyl adjacent to an activating group) is 1. The van der Waals surface area contributed by atoms with Gasteiger partial charge in [0.1, 0.15) is 18.5 Å². The van der Waals surface area contributed by atoms with Crippen LogP contribution in [0.4, 0.5) is 0 Å². The van der Waals surface area contributed by atoms with Crippen molar-refractivity contribution in [1.29, 1.82) is 0 Å². The largest absolute Gasteiger partial charge is 0.492 e. The summed E-state index contributed by atoms with van der Waals surface area (Å²) >= 11 is 0. The average Bonchev–Trinajstić information content (AvgIpc) is 2.51. The van der Waals surface area contributed by atoms with Gasteiger partial charge >= 0.3 is 0 Å². The second kappa shape index (κ2) is 14.3. The van der Waals surface area contributed by atoms with Crippen LogP contribution >= 0.6 is 0 Å². The summed E-state index contributed by atoms with van der Waals surface area (Å²) in [4.78, 5) is 6.82. The molecule has 0 bridgehead atoms. The fraction of sp³-hybridized carbons (Fsp3) is 0.625. The maximum atomic E-state index is 5.57.